The van der Waals surface area contributed by atoms with Gasteiger partial charge in [-0.3, -0.25) is 0 Å². The number of rotatable bonds is 3. The molecule has 112 valence electrons. The van der Waals surface area contributed by atoms with Crippen molar-refractivity contribution in [1.82, 2.24) is 0 Å². The average Bonchev–Trinajstić information content (AvgIpc) is 2.54. The highest BCUT2D eigenvalue weighted by Gasteiger charge is 2.19. The Bertz CT molecular complexity index is 722. The summed E-state index contributed by atoms with van der Waals surface area (Å²) in [4.78, 5) is 0. The lowest BCUT2D eigenvalue weighted by Crippen LogP contribution is -2.15. The lowest BCUT2D eigenvalue weighted by Gasteiger charge is -2.20. The van der Waals surface area contributed by atoms with E-state index in [2.05, 4.69) is 6.07 Å². The summed E-state index contributed by atoms with van der Waals surface area (Å²) >= 11 is 6.04. The average molecular weight is 318 g/mol. The van der Waals surface area contributed by atoms with Crippen LogP contribution in [0.5, 0.6) is 11.5 Å². The Morgan fingerprint density at radius 2 is 1.95 bits per heavy atom. The summed E-state index contributed by atoms with van der Waals surface area (Å²) in [7, 11) is 0. The summed E-state index contributed by atoms with van der Waals surface area (Å²) in [5.74, 6) is 0.370. The van der Waals surface area contributed by atoms with Crippen LogP contribution in [0.3, 0.4) is 0 Å². The molecule has 22 heavy (non-hydrogen) atoms. The monoisotopic (exact) mass is 317 g/mol. The normalized spacial score (nSPS) is 14.2. The molecule has 1 aliphatic heterocycles. The molecule has 0 saturated carbocycles. The fourth-order valence-electron chi connectivity index (χ4n) is 2.45. The van der Waals surface area contributed by atoms with Crippen LogP contribution in [0.1, 0.15) is 17.0 Å². The van der Waals surface area contributed by atoms with Gasteiger partial charge in [0, 0.05) is 10.6 Å². The molecule has 1 heterocycles. The highest BCUT2D eigenvalue weighted by atomic mass is 35.5. The summed E-state index contributed by atoms with van der Waals surface area (Å²) in [6.07, 6.45) is 0.210. The van der Waals surface area contributed by atoms with Crippen molar-refractivity contribution in [3.63, 3.8) is 0 Å². The Balaban J connectivity index is 1.90. The predicted octanol–water partition coefficient (Wildman–Crippen LogP) is 4.10. The number of hydrogen-bond donors (Lipinski definition) is 0. The largest absolute Gasteiger partial charge is 0.486 e. The van der Waals surface area contributed by atoms with Gasteiger partial charge in [-0.1, -0.05) is 23.7 Å². The topological polar surface area (TPSA) is 42.2 Å². The van der Waals surface area contributed by atoms with Gasteiger partial charge in [0.1, 0.15) is 19.0 Å². The van der Waals surface area contributed by atoms with Gasteiger partial charge in [0.05, 0.1) is 12.0 Å². The van der Waals surface area contributed by atoms with E-state index in [9.17, 15) is 9.65 Å². The van der Waals surface area contributed by atoms with Gasteiger partial charge in [0.2, 0.25) is 0 Å². The third-order valence-corrected chi connectivity index (χ3v) is 3.95. The van der Waals surface area contributed by atoms with E-state index in [4.69, 9.17) is 21.1 Å². The molecule has 0 aliphatic carbocycles. The molecule has 1 aliphatic rings. The maximum absolute atomic E-state index is 13.9. The number of fused-ring (bicyclic) bond motifs is 1. The van der Waals surface area contributed by atoms with Crippen LogP contribution in [0.15, 0.2) is 36.4 Å². The highest BCUT2D eigenvalue weighted by Crippen LogP contribution is 2.34. The number of hydrogen-bond acceptors (Lipinski definition) is 3. The van der Waals surface area contributed by atoms with Crippen molar-refractivity contribution >= 4 is 11.6 Å². The molecule has 0 aromatic heterocycles. The van der Waals surface area contributed by atoms with Gasteiger partial charge < -0.3 is 9.47 Å². The Morgan fingerprint density at radius 3 is 2.68 bits per heavy atom. The quantitative estimate of drug-likeness (QED) is 0.856. The van der Waals surface area contributed by atoms with E-state index in [1.165, 1.54) is 6.07 Å². The zero-order chi connectivity index (χ0) is 15.5. The van der Waals surface area contributed by atoms with Crippen molar-refractivity contribution in [2.45, 2.75) is 12.3 Å². The summed E-state index contributed by atoms with van der Waals surface area (Å²) in [5, 5.41) is 9.77. The van der Waals surface area contributed by atoms with Crippen molar-refractivity contribution < 1.29 is 13.9 Å². The number of nitriles is 1. The van der Waals surface area contributed by atoms with Crippen LogP contribution in [0.25, 0.3) is 0 Å². The Kier molecular flexibility index (Phi) is 4.17. The molecule has 1 unspecified atom stereocenters. The molecule has 3 nitrogen and oxygen atoms in total. The second kappa shape index (κ2) is 6.25. The molecule has 0 amide bonds. The van der Waals surface area contributed by atoms with Gasteiger partial charge in [0.15, 0.2) is 11.5 Å². The SMILES string of the molecule is N#CC(Cc1c(F)cccc1Cl)c1ccc2c(c1)OCCO2. The Morgan fingerprint density at radius 1 is 1.18 bits per heavy atom. The van der Waals surface area contributed by atoms with Crippen molar-refractivity contribution in [2.75, 3.05) is 13.2 Å². The van der Waals surface area contributed by atoms with E-state index in [1.807, 2.05) is 0 Å². The lowest BCUT2D eigenvalue weighted by molar-refractivity contribution is 0.171. The van der Waals surface area contributed by atoms with Crippen molar-refractivity contribution in [2.24, 2.45) is 0 Å². The van der Waals surface area contributed by atoms with E-state index >= 15 is 0 Å². The molecule has 0 N–H and O–H groups in total. The second-order valence-corrected chi connectivity index (χ2v) is 5.40. The molecule has 0 bridgehead atoms. The van der Waals surface area contributed by atoms with Crippen molar-refractivity contribution in [3.05, 3.63) is 58.4 Å². The number of nitrogens with zero attached hydrogens (tertiary/aromatic N) is 1. The Labute approximate surface area is 132 Å². The van der Waals surface area contributed by atoms with Gasteiger partial charge >= 0.3 is 0 Å². The smallest absolute Gasteiger partial charge is 0.161 e. The van der Waals surface area contributed by atoms with E-state index in [0.717, 1.165) is 5.56 Å². The first-order chi connectivity index (χ1) is 10.7. The van der Waals surface area contributed by atoms with Crippen LogP contribution in [0, 0.1) is 17.1 Å². The third-order valence-electron chi connectivity index (χ3n) is 3.59. The second-order valence-electron chi connectivity index (χ2n) is 4.99. The molecule has 2 aromatic carbocycles. The first-order valence-electron chi connectivity index (χ1n) is 6.91. The molecular formula is C17H13ClFNO2. The molecule has 0 fully saturated rings. The van der Waals surface area contributed by atoms with E-state index in [-0.39, 0.29) is 6.42 Å². The summed E-state index contributed by atoms with van der Waals surface area (Å²) in [6, 6.07) is 12.1. The number of ether oxygens (including phenoxy) is 2. The maximum Gasteiger partial charge on any atom is 0.161 e. The fraction of sp³-hybridized carbons (Fsp3) is 0.235. The first-order valence-corrected chi connectivity index (χ1v) is 7.29. The zero-order valence-corrected chi connectivity index (χ0v) is 12.4. The summed E-state index contributed by atoms with van der Waals surface area (Å²) in [6.45, 7) is 0.992. The van der Waals surface area contributed by atoms with E-state index in [0.29, 0.717) is 35.3 Å². The predicted molar refractivity (Wildman–Crippen MR) is 80.9 cm³/mol. The minimum atomic E-state index is -0.509. The number of benzene rings is 2. The molecule has 2 aromatic rings. The maximum atomic E-state index is 13.9. The number of halogens is 2. The minimum Gasteiger partial charge on any atom is -0.486 e. The summed E-state index contributed by atoms with van der Waals surface area (Å²) in [5.41, 5.74) is 1.11. The molecule has 5 heteroatoms. The van der Waals surface area contributed by atoms with E-state index < -0.39 is 11.7 Å². The zero-order valence-electron chi connectivity index (χ0n) is 11.7. The molecule has 0 saturated heterocycles. The van der Waals surface area contributed by atoms with Gasteiger partial charge in [-0.2, -0.15) is 5.26 Å². The highest BCUT2D eigenvalue weighted by molar-refractivity contribution is 6.31. The molecule has 0 spiro atoms. The van der Waals surface area contributed by atoms with Crippen LogP contribution in [-0.4, -0.2) is 13.2 Å². The van der Waals surface area contributed by atoms with Crippen LogP contribution in [0.2, 0.25) is 5.02 Å². The lowest BCUT2D eigenvalue weighted by atomic mass is 9.92. The minimum absolute atomic E-state index is 0.210. The summed E-state index contributed by atoms with van der Waals surface area (Å²) < 4.78 is 24.9. The molecular weight excluding hydrogens is 305 g/mol. The van der Waals surface area contributed by atoms with Crippen LogP contribution in [-0.2, 0) is 6.42 Å². The van der Waals surface area contributed by atoms with Crippen molar-refractivity contribution in [1.29, 1.82) is 5.26 Å². The Hall–Kier alpha value is -2.25. The van der Waals surface area contributed by atoms with E-state index in [1.54, 1.807) is 30.3 Å². The molecule has 1 atom stereocenters. The molecule has 0 radical (unpaired) electrons. The van der Waals surface area contributed by atoms with Crippen LogP contribution >= 0.6 is 11.6 Å². The fourth-order valence-corrected chi connectivity index (χ4v) is 2.69. The van der Waals surface area contributed by atoms with Crippen LogP contribution < -0.4 is 9.47 Å². The van der Waals surface area contributed by atoms with Gasteiger partial charge in [0.25, 0.3) is 0 Å². The first kappa shape index (κ1) is 14.7. The van der Waals surface area contributed by atoms with Gasteiger partial charge in [-0.15, -0.1) is 0 Å². The van der Waals surface area contributed by atoms with Gasteiger partial charge in [-0.05, 0) is 36.2 Å². The molecule has 3 rings (SSSR count). The third kappa shape index (κ3) is 2.86. The standard InChI is InChI=1S/C17H13ClFNO2/c18-14-2-1-3-15(19)13(14)8-12(10-20)11-4-5-16-17(9-11)22-7-6-21-16/h1-5,9,12H,6-8H2. The van der Waals surface area contributed by atoms with Crippen molar-refractivity contribution in [3.8, 4) is 17.6 Å². The van der Waals surface area contributed by atoms with Gasteiger partial charge in [-0.25, -0.2) is 4.39 Å². The van der Waals surface area contributed by atoms with Crippen LogP contribution in [0.4, 0.5) is 4.39 Å².